The molecule has 1 fully saturated rings. The number of nitrogen functional groups attached to an aromatic ring is 1. The molecule has 3 heteroatoms. The van der Waals surface area contributed by atoms with Gasteiger partial charge in [-0.2, -0.15) is 0 Å². The molecule has 0 amide bonds. The van der Waals surface area contributed by atoms with Gasteiger partial charge in [0.2, 0.25) is 0 Å². The molecule has 1 aliphatic heterocycles. The van der Waals surface area contributed by atoms with Crippen LogP contribution in [0.4, 0.5) is 5.69 Å². The van der Waals surface area contributed by atoms with E-state index in [0.29, 0.717) is 6.04 Å². The third kappa shape index (κ3) is 2.57. The standard InChI is InChI=1S/C16H20N2O/c1-18(15-6-7-19-11-15)10-14-8-12-4-2-3-5-13(12)9-16(14)17/h2-5,8-9,15H,6-7,10-11,17H2,1H3. The molecule has 3 rings (SSSR count). The minimum atomic E-state index is 0.519. The fourth-order valence-corrected chi connectivity index (χ4v) is 2.71. The van der Waals surface area contributed by atoms with Crippen molar-refractivity contribution >= 4 is 16.5 Å². The van der Waals surface area contributed by atoms with Crippen LogP contribution >= 0.6 is 0 Å². The largest absolute Gasteiger partial charge is 0.398 e. The number of hydrogen-bond donors (Lipinski definition) is 1. The molecule has 0 saturated carbocycles. The molecule has 1 unspecified atom stereocenters. The van der Waals surface area contributed by atoms with E-state index < -0.39 is 0 Å². The molecule has 1 heterocycles. The van der Waals surface area contributed by atoms with Crippen LogP contribution in [0, 0.1) is 0 Å². The molecule has 2 aromatic rings. The second-order valence-electron chi connectivity index (χ2n) is 5.33. The Balaban J connectivity index is 1.85. The molecule has 3 nitrogen and oxygen atoms in total. The number of ether oxygens (including phenoxy) is 1. The first-order valence-corrected chi connectivity index (χ1v) is 6.79. The van der Waals surface area contributed by atoms with Crippen LogP contribution in [-0.4, -0.2) is 31.2 Å². The Hall–Kier alpha value is -1.58. The highest BCUT2D eigenvalue weighted by Gasteiger charge is 2.20. The summed E-state index contributed by atoms with van der Waals surface area (Å²) in [5, 5.41) is 2.46. The lowest BCUT2D eigenvalue weighted by Gasteiger charge is -2.23. The van der Waals surface area contributed by atoms with E-state index in [0.717, 1.165) is 31.9 Å². The zero-order chi connectivity index (χ0) is 13.2. The van der Waals surface area contributed by atoms with Crippen LogP contribution < -0.4 is 5.73 Å². The Bertz CT molecular complexity index is 576. The number of nitrogens with zero attached hydrogens (tertiary/aromatic N) is 1. The van der Waals surface area contributed by atoms with Crippen molar-refractivity contribution in [3.05, 3.63) is 42.0 Å². The number of hydrogen-bond acceptors (Lipinski definition) is 3. The van der Waals surface area contributed by atoms with E-state index in [9.17, 15) is 0 Å². The van der Waals surface area contributed by atoms with Gasteiger partial charge in [0.25, 0.3) is 0 Å². The van der Waals surface area contributed by atoms with Crippen molar-refractivity contribution < 1.29 is 4.74 Å². The Kier molecular flexibility index (Phi) is 3.40. The molecule has 100 valence electrons. The lowest BCUT2D eigenvalue weighted by Crippen LogP contribution is -2.31. The summed E-state index contributed by atoms with van der Waals surface area (Å²) < 4.78 is 5.44. The first kappa shape index (κ1) is 12.5. The second-order valence-corrected chi connectivity index (χ2v) is 5.33. The Morgan fingerprint density at radius 2 is 2.00 bits per heavy atom. The van der Waals surface area contributed by atoms with Gasteiger partial charge in [-0.1, -0.05) is 24.3 Å². The molecule has 19 heavy (non-hydrogen) atoms. The molecular weight excluding hydrogens is 236 g/mol. The molecular formula is C16H20N2O. The van der Waals surface area contributed by atoms with Crippen molar-refractivity contribution in [3.8, 4) is 0 Å². The van der Waals surface area contributed by atoms with Gasteiger partial charge in [0.1, 0.15) is 0 Å². The van der Waals surface area contributed by atoms with Gasteiger partial charge in [0.15, 0.2) is 0 Å². The normalized spacial score (nSPS) is 19.4. The molecule has 0 aliphatic carbocycles. The van der Waals surface area contributed by atoms with Crippen molar-refractivity contribution in [2.75, 3.05) is 26.0 Å². The summed E-state index contributed by atoms with van der Waals surface area (Å²) in [6, 6.07) is 13.1. The predicted molar refractivity (Wildman–Crippen MR) is 79.1 cm³/mol. The second kappa shape index (κ2) is 5.19. The van der Waals surface area contributed by atoms with Gasteiger partial charge < -0.3 is 10.5 Å². The van der Waals surface area contributed by atoms with E-state index in [4.69, 9.17) is 10.5 Å². The summed E-state index contributed by atoms with van der Waals surface area (Å²) in [4.78, 5) is 2.34. The number of nitrogens with two attached hydrogens (primary N) is 1. The average molecular weight is 256 g/mol. The predicted octanol–water partition coefficient (Wildman–Crippen LogP) is 2.64. The smallest absolute Gasteiger partial charge is 0.0622 e. The topological polar surface area (TPSA) is 38.5 Å². The Labute approximate surface area is 114 Å². The first-order chi connectivity index (χ1) is 9.24. The van der Waals surface area contributed by atoms with E-state index in [-0.39, 0.29) is 0 Å². The highest BCUT2D eigenvalue weighted by atomic mass is 16.5. The quantitative estimate of drug-likeness (QED) is 0.858. The zero-order valence-electron chi connectivity index (χ0n) is 11.3. The third-order valence-electron chi connectivity index (χ3n) is 3.96. The molecule has 0 radical (unpaired) electrons. The van der Waals surface area contributed by atoms with Crippen molar-refractivity contribution in [2.24, 2.45) is 0 Å². The fourth-order valence-electron chi connectivity index (χ4n) is 2.71. The lowest BCUT2D eigenvalue weighted by atomic mass is 10.0. The fraction of sp³-hybridized carbons (Fsp3) is 0.375. The molecule has 2 aromatic carbocycles. The summed E-state index contributed by atoms with van der Waals surface area (Å²) in [5.41, 5.74) is 8.26. The van der Waals surface area contributed by atoms with Gasteiger partial charge in [-0.05, 0) is 41.9 Å². The Morgan fingerprint density at radius 3 is 2.68 bits per heavy atom. The molecule has 1 aliphatic rings. The maximum atomic E-state index is 6.18. The SMILES string of the molecule is CN(Cc1cc2ccccc2cc1N)C1CCOC1. The van der Waals surface area contributed by atoms with Crippen LogP contribution in [0.1, 0.15) is 12.0 Å². The average Bonchev–Trinajstić information content (AvgIpc) is 2.93. The number of anilines is 1. The molecule has 0 aromatic heterocycles. The summed E-state index contributed by atoms with van der Waals surface area (Å²) in [6.45, 7) is 2.59. The van der Waals surface area contributed by atoms with Gasteiger partial charge in [0.05, 0.1) is 6.61 Å². The summed E-state index contributed by atoms with van der Waals surface area (Å²) in [5.74, 6) is 0. The third-order valence-corrected chi connectivity index (χ3v) is 3.96. The van der Waals surface area contributed by atoms with Crippen LogP contribution in [0.5, 0.6) is 0 Å². The van der Waals surface area contributed by atoms with Crippen LogP contribution in [0.15, 0.2) is 36.4 Å². The lowest BCUT2D eigenvalue weighted by molar-refractivity contribution is 0.156. The van der Waals surface area contributed by atoms with Crippen molar-refractivity contribution in [1.29, 1.82) is 0 Å². The van der Waals surface area contributed by atoms with Crippen LogP contribution in [0.3, 0.4) is 0 Å². The summed E-state index contributed by atoms with van der Waals surface area (Å²) in [6.07, 6.45) is 1.12. The van der Waals surface area contributed by atoms with Crippen LogP contribution in [0.2, 0.25) is 0 Å². The first-order valence-electron chi connectivity index (χ1n) is 6.79. The maximum absolute atomic E-state index is 6.18. The highest BCUT2D eigenvalue weighted by Crippen LogP contribution is 2.24. The molecule has 2 N–H and O–H groups in total. The van der Waals surface area contributed by atoms with Gasteiger partial charge in [-0.3, -0.25) is 4.90 Å². The monoisotopic (exact) mass is 256 g/mol. The van der Waals surface area contributed by atoms with E-state index >= 15 is 0 Å². The van der Waals surface area contributed by atoms with E-state index in [2.05, 4.69) is 42.3 Å². The number of benzene rings is 2. The highest BCUT2D eigenvalue weighted by molar-refractivity contribution is 5.86. The van der Waals surface area contributed by atoms with Gasteiger partial charge in [0, 0.05) is 24.9 Å². The minimum absolute atomic E-state index is 0.519. The van der Waals surface area contributed by atoms with Crippen molar-refractivity contribution in [1.82, 2.24) is 4.90 Å². The maximum Gasteiger partial charge on any atom is 0.0622 e. The number of likely N-dealkylation sites (N-methyl/N-ethyl adjacent to an activating group) is 1. The van der Waals surface area contributed by atoms with Crippen molar-refractivity contribution in [2.45, 2.75) is 19.0 Å². The van der Waals surface area contributed by atoms with E-state index in [1.807, 2.05) is 6.07 Å². The molecule has 1 atom stereocenters. The molecule has 0 spiro atoms. The zero-order valence-corrected chi connectivity index (χ0v) is 11.3. The van der Waals surface area contributed by atoms with Gasteiger partial charge >= 0.3 is 0 Å². The summed E-state index contributed by atoms with van der Waals surface area (Å²) in [7, 11) is 2.15. The van der Waals surface area contributed by atoms with Crippen LogP contribution in [0.25, 0.3) is 10.8 Å². The van der Waals surface area contributed by atoms with Crippen molar-refractivity contribution in [3.63, 3.8) is 0 Å². The summed E-state index contributed by atoms with van der Waals surface area (Å²) >= 11 is 0. The Morgan fingerprint density at radius 1 is 1.26 bits per heavy atom. The minimum Gasteiger partial charge on any atom is -0.398 e. The number of fused-ring (bicyclic) bond motifs is 1. The van der Waals surface area contributed by atoms with E-state index in [1.54, 1.807) is 0 Å². The molecule has 1 saturated heterocycles. The van der Waals surface area contributed by atoms with Gasteiger partial charge in [-0.25, -0.2) is 0 Å². The number of rotatable bonds is 3. The van der Waals surface area contributed by atoms with Gasteiger partial charge in [-0.15, -0.1) is 0 Å². The molecule has 0 bridgehead atoms. The van der Waals surface area contributed by atoms with Crippen LogP contribution in [-0.2, 0) is 11.3 Å². The van der Waals surface area contributed by atoms with E-state index in [1.165, 1.54) is 16.3 Å².